The molecular weight excluding hydrogens is 278 g/mol. The lowest BCUT2D eigenvalue weighted by Gasteiger charge is -2.19. The van der Waals surface area contributed by atoms with Crippen LogP contribution in [0.25, 0.3) is 0 Å². The zero-order chi connectivity index (χ0) is 11.1. The smallest absolute Gasteiger partial charge is 0.127 e. The summed E-state index contributed by atoms with van der Waals surface area (Å²) >= 11 is 9.61. The van der Waals surface area contributed by atoms with Crippen molar-refractivity contribution in [1.29, 1.82) is 0 Å². The predicted octanol–water partition coefficient (Wildman–Crippen LogP) is 4.59. The minimum atomic E-state index is -0.179. The van der Waals surface area contributed by atoms with Gasteiger partial charge in [0.2, 0.25) is 0 Å². The fraction of sp³-hybridized carbons (Fsp3) is 0.500. The minimum Gasteiger partial charge on any atom is -0.207 e. The van der Waals surface area contributed by atoms with E-state index >= 15 is 0 Å². The largest absolute Gasteiger partial charge is 0.207 e. The molecule has 0 spiro atoms. The summed E-state index contributed by atoms with van der Waals surface area (Å²) in [5.74, 6) is -0.179. The first-order valence-electron chi connectivity index (χ1n) is 5.12. The fourth-order valence-corrected chi connectivity index (χ4v) is 2.78. The topological polar surface area (TPSA) is 0 Å². The van der Waals surface area contributed by atoms with Crippen LogP contribution in [0.1, 0.15) is 25.3 Å². The van der Waals surface area contributed by atoms with Gasteiger partial charge >= 0.3 is 0 Å². The van der Waals surface area contributed by atoms with Crippen LogP contribution < -0.4 is 0 Å². The average Bonchev–Trinajstić information content (AvgIpc) is 2.93. The van der Waals surface area contributed by atoms with E-state index in [2.05, 4.69) is 22.9 Å². The predicted molar refractivity (Wildman–Crippen MR) is 65.2 cm³/mol. The number of hydrogen-bond acceptors (Lipinski definition) is 0. The number of alkyl halides is 1. The van der Waals surface area contributed by atoms with E-state index in [9.17, 15) is 4.39 Å². The van der Waals surface area contributed by atoms with Crippen molar-refractivity contribution in [1.82, 2.24) is 0 Å². The molecule has 1 aliphatic carbocycles. The molecule has 0 amide bonds. The summed E-state index contributed by atoms with van der Waals surface area (Å²) in [5.41, 5.74) is 0.897. The molecule has 1 unspecified atom stereocenters. The molecule has 1 atom stereocenters. The average molecular weight is 292 g/mol. The highest BCUT2D eigenvalue weighted by atomic mass is 79.9. The summed E-state index contributed by atoms with van der Waals surface area (Å²) in [4.78, 5) is 0.417. The minimum absolute atomic E-state index is 0.179. The number of benzene rings is 1. The molecule has 0 nitrogen and oxygen atoms in total. The Balaban J connectivity index is 2.25. The van der Waals surface area contributed by atoms with Crippen molar-refractivity contribution in [2.75, 3.05) is 0 Å². The van der Waals surface area contributed by atoms with Crippen LogP contribution in [0.15, 0.2) is 18.2 Å². The second kappa shape index (κ2) is 4.06. The van der Waals surface area contributed by atoms with Crippen molar-refractivity contribution < 1.29 is 4.39 Å². The highest BCUT2D eigenvalue weighted by Crippen LogP contribution is 2.54. The first-order valence-corrected chi connectivity index (χ1v) is 6.41. The van der Waals surface area contributed by atoms with Gasteiger partial charge in [0.25, 0.3) is 0 Å². The van der Waals surface area contributed by atoms with Crippen molar-refractivity contribution in [2.24, 2.45) is 5.41 Å². The quantitative estimate of drug-likeness (QED) is 0.715. The van der Waals surface area contributed by atoms with Gasteiger partial charge in [0, 0.05) is 15.4 Å². The van der Waals surface area contributed by atoms with Gasteiger partial charge in [-0.2, -0.15) is 0 Å². The third-order valence-corrected chi connectivity index (χ3v) is 4.65. The molecule has 1 fully saturated rings. The maximum Gasteiger partial charge on any atom is 0.127 e. The summed E-state index contributed by atoms with van der Waals surface area (Å²) in [5, 5.41) is 0.550. The Labute approximate surface area is 103 Å². The highest BCUT2D eigenvalue weighted by molar-refractivity contribution is 9.09. The van der Waals surface area contributed by atoms with Gasteiger partial charge in [-0.1, -0.05) is 40.5 Å². The van der Waals surface area contributed by atoms with E-state index in [1.165, 1.54) is 6.07 Å². The van der Waals surface area contributed by atoms with Gasteiger partial charge in [-0.05, 0) is 36.8 Å². The SMILES string of the molecule is CC(Br)C1(Cc2c(F)cccc2Cl)CC1. The van der Waals surface area contributed by atoms with E-state index in [-0.39, 0.29) is 11.2 Å². The summed E-state index contributed by atoms with van der Waals surface area (Å²) in [6.45, 7) is 2.13. The van der Waals surface area contributed by atoms with Crippen LogP contribution in [-0.4, -0.2) is 4.83 Å². The molecule has 1 aromatic rings. The molecule has 0 aromatic heterocycles. The standard InChI is InChI=1S/C12H13BrClF/c1-8(13)12(5-6-12)7-9-10(14)3-2-4-11(9)15/h2-4,8H,5-7H2,1H3. The Kier molecular flexibility index (Phi) is 3.09. The van der Waals surface area contributed by atoms with E-state index in [1.54, 1.807) is 12.1 Å². The Morgan fingerprint density at radius 3 is 2.67 bits per heavy atom. The van der Waals surface area contributed by atoms with Crippen molar-refractivity contribution in [3.05, 3.63) is 34.6 Å². The van der Waals surface area contributed by atoms with Gasteiger partial charge in [-0.3, -0.25) is 0 Å². The Morgan fingerprint density at radius 2 is 2.20 bits per heavy atom. The summed E-state index contributed by atoms with van der Waals surface area (Å²) in [7, 11) is 0. The molecule has 0 aliphatic heterocycles. The summed E-state index contributed by atoms with van der Waals surface area (Å²) < 4.78 is 13.6. The molecule has 0 bridgehead atoms. The molecule has 1 aliphatic rings. The van der Waals surface area contributed by atoms with Crippen LogP contribution >= 0.6 is 27.5 Å². The third-order valence-electron chi connectivity index (χ3n) is 3.33. The second-order valence-corrected chi connectivity index (χ2v) is 6.14. The monoisotopic (exact) mass is 290 g/mol. The van der Waals surface area contributed by atoms with Crippen LogP contribution in [0, 0.1) is 11.2 Å². The molecule has 0 radical (unpaired) electrons. The maximum atomic E-state index is 13.6. The fourth-order valence-electron chi connectivity index (χ4n) is 1.93. The molecule has 2 rings (SSSR count). The Hall–Kier alpha value is -0.0800. The van der Waals surface area contributed by atoms with E-state index in [1.807, 2.05) is 0 Å². The highest BCUT2D eigenvalue weighted by Gasteiger charge is 2.46. The van der Waals surface area contributed by atoms with E-state index in [0.717, 1.165) is 19.3 Å². The van der Waals surface area contributed by atoms with Crippen molar-refractivity contribution in [2.45, 2.75) is 31.0 Å². The Bertz CT molecular complexity index is 352. The normalized spacial score (nSPS) is 20.0. The van der Waals surface area contributed by atoms with Crippen LogP contribution in [-0.2, 0) is 6.42 Å². The molecular formula is C12H13BrClF. The lowest BCUT2D eigenvalue weighted by Crippen LogP contribution is -2.16. The van der Waals surface area contributed by atoms with Gasteiger partial charge in [0.1, 0.15) is 5.82 Å². The second-order valence-electron chi connectivity index (χ2n) is 4.36. The van der Waals surface area contributed by atoms with Crippen LogP contribution in [0.3, 0.4) is 0 Å². The molecule has 0 heterocycles. The van der Waals surface area contributed by atoms with Gasteiger partial charge < -0.3 is 0 Å². The van der Waals surface area contributed by atoms with E-state index in [4.69, 9.17) is 11.6 Å². The van der Waals surface area contributed by atoms with Crippen LogP contribution in [0.2, 0.25) is 5.02 Å². The molecule has 1 saturated carbocycles. The first kappa shape index (κ1) is 11.4. The van der Waals surface area contributed by atoms with Gasteiger partial charge in [-0.15, -0.1) is 0 Å². The van der Waals surface area contributed by atoms with E-state index < -0.39 is 0 Å². The van der Waals surface area contributed by atoms with Gasteiger partial charge in [0.05, 0.1) is 0 Å². The van der Waals surface area contributed by atoms with Gasteiger partial charge in [-0.25, -0.2) is 4.39 Å². The molecule has 0 saturated heterocycles. The van der Waals surface area contributed by atoms with Gasteiger partial charge in [0.15, 0.2) is 0 Å². The number of hydrogen-bond donors (Lipinski definition) is 0. The zero-order valence-electron chi connectivity index (χ0n) is 8.56. The molecule has 0 N–H and O–H groups in total. The number of rotatable bonds is 3. The lowest BCUT2D eigenvalue weighted by atomic mass is 9.93. The third kappa shape index (κ3) is 2.21. The molecule has 3 heteroatoms. The molecule has 15 heavy (non-hydrogen) atoms. The van der Waals surface area contributed by atoms with Crippen molar-refractivity contribution in [3.8, 4) is 0 Å². The molecule has 82 valence electrons. The lowest BCUT2D eigenvalue weighted by molar-refractivity contribution is 0.490. The summed E-state index contributed by atoms with van der Waals surface area (Å²) in [6.07, 6.45) is 3.05. The zero-order valence-corrected chi connectivity index (χ0v) is 10.9. The van der Waals surface area contributed by atoms with E-state index in [0.29, 0.717) is 15.4 Å². The van der Waals surface area contributed by atoms with Crippen molar-refractivity contribution in [3.63, 3.8) is 0 Å². The number of halogens is 3. The summed E-state index contributed by atoms with van der Waals surface area (Å²) in [6, 6.07) is 4.89. The van der Waals surface area contributed by atoms with Crippen molar-refractivity contribution >= 4 is 27.5 Å². The maximum absolute atomic E-state index is 13.6. The van der Waals surface area contributed by atoms with Crippen LogP contribution in [0.4, 0.5) is 4.39 Å². The Morgan fingerprint density at radius 1 is 1.53 bits per heavy atom. The first-order chi connectivity index (χ1) is 7.05. The van der Waals surface area contributed by atoms with Crippen LogP contribution in [0.5, 0.6) is 0 Å². The molecule has 1 aromatic carbocycles.